The van der Waals surface area contributed by atoms with Crippen molar-refractivity contribution < 1.29 is 9.13 Å². The van der Waals surface area contributed by atoms with Crippen LogP contribution in [0.5, 0.6) is 0 Å². The van der Waals surface area contributed by atoms with Crippen molar-refractivity contribution in [1.82, 2.24) is 5.32 Å². The number of hydrogen-bond acceptors (Lipinski definition) is 2. The molecule has 0 aliphatic carbocycles. The number of ether oxygens (including phenoxy) is 1. The fraction of sp³-hybridized carbons (Fsp3) is 0.455. The van der Waals surface area contributed by atoms with Crippen LogP contribution in [0.25, 0.3) is 0 Å². The maximum Gasteiger partial charge on any atom is 0.127 e. The van der Waals surface area contributed by atoms with Gasteiger partial charge in [0.05, 0.1) is 5.60 Å². The second kappa shape index (κ2) is 7.67. The Morgan fingerprint density at radius 2 is 1.76 bits per heavy atom. The molecule has 1 N–H and O–H groups in total. The van der Waals surface area contributed by atoms with Crippen molar-refractivity contribution in [3.05, 3.63) is 71.5 Å². The fourth-order valence-corrected chi connectivity index (χ4v) is 4.07. The van der Waals surface area contributed by atoms with Gasteiger partial charge in [0.2, 0.25) is 0 Å². The van der Waals surface area contributed by atoms with Gasteiger partial charge < -0.3 is 10.1 Å². The first kappa shape index (κ1) is 18.1. The van der Waals surface area contributed by atoms with E-state index in [0.29, 0.717) is 6.54 Å². The largest absolute Gasteiger partial charge is 0.376 e. The van der Waals surface area contributed by atoms with Crippen molar-refractivity contribution in [1.29, 1.82) is 0 Å². The third-order valence-electron chi connectivity index (χ3n) is 5.28. The summed E-state index contributed by atoms with van der Waals surface area (Å²) >= 11 is 0. The molecule has 1 saturated heterocycles. The molecule has 0 amide bonds. The van der Waals surface area contributed by atoms with Gasteiger partial charge in [-0.2, -0.15) is 0 Å². The molecule has 3 rings (SSSR count). The van der Waals surface area contributed by atoms with Crippen LogP contribution in [-0.4, -0.2) is 18.8 Å². The van der Waals surface area contributed by atoms with Gasteiger partial charge in [0.15, 0.2) is 0 Å². The Hall–Kier alpha value is -1.71. The zero-order chi connectivity index (χ0) is 17.8. The van der Waals surface area contributed by atoms with Crippen LogP contribution in [0, 0.1) is 5.82 Å². The second-order valence-corrected chi connectivity index (χ2v) is 7.70. The van der Waals surface area contributed by atoms with Gasteiger partial charge in [-0.15, -0.1) is 0 Å². The van der Waals surface area contributed by atoms with Crippen LogP contribution in [0.4, 0.5) is 4.39 Å². The van der Waals surface area contributed by atoms with Gasteiger partial charge in [-0.1, -0.05) is 48.5 Å². The zero-order valence-corrected chi connectivity index (χ0v) is 15.2. The predicted molar refractivity (Wildman–Crippen MR) is 100 cm³/mol. The molecule has 1 fully saturated rings. The van der Waals surface area contributed by atoms with Gasteiger partial charge >= 0.3 is 0 Å². The topological polar surface area (TPSA) is 21.3 Å². The maximum absolute atomic E-state index is 13.8. The SMILES string of the molecule is CC1(C)C[C@@](CCNCc2ccccc2F)(c2ccccc2)CCO1. The molecule has 0 aromatic heterocycles. The standard InChI is InChI=1S/C22H28FNO/c1-21(2)17-22(13-15-25-21,19-9-4-3-5-10-19)12-14-24-16-18-8-6-7-11-20(18)23/h3-11,24H,12-17H2,1-2H3/t22-/m0/s1. The van der Waals surface area contributed by atoms with Gasteiger partial charge in [-0.05, 0) is 51.3 Å². The summed E-state index contributed by atoms with van der Waals surface area (Å²) < 4.78 is 19.7. The van der Waals surface area contributed by atoms with E-state index in [4.69, 9.17) is 4.74 Å². The summed E-state index contributed by atoms with van der Waals surface area (Å²) in [6, 6.07) is 17.7. The van der Waals surface area contributed by atoms with Crippen molar-refractivity contribution in [2.24, 2.45) is 0 Å². The number of halogens is 1. The number of rotatable bonds is 6. The molecule has 134 valence electrons. The molecule has 2 aromatic rings. The van der Waals surface area contributed by atoms with Crippen molar-refractivity contribution in [3.8, 4) is 0 Å². The first-order valence-corrected chi connectivity index (χ1v) is 9.14. The monoisotopic (exact) mass is 341 g/mol. The van der Waals surface area contributed by atoms with Crippen molar-refractivity contribution in [2.75, 3.05) is 13.2 Å². The highest BCUT2D eigenvalue weighted by atomic mass is 19.1. The highest BCUT2D eigenvalue weighted by molar-refractivity contribution is 5.27. The van der Waals surface area contributed by atoms with E-state index in [1.165, 1.54) is 11.6 Å². The normalized spacial score (nSPS) is 22.7. The Bertz CT molecular complexity index is 685. The maximum atomic E-state index is 13.8. The lowest BCUT2D eigenvalue weighted by Gasteiger charge is -2.45. The second-order valence-electron chi connectivity index (χ2n) is 7.70. The Kier molecular flexibility index (Phi) is 5.55. The van der Waals surface area contributed by atoms with Gasteiger partial charge in [-0.3, -0.25) is 0 Å². The summed E-state index contributed by atoms with van der Waals surface area (Å²) in [5.41, 5.74) is 2.12. The van der Waals surface area contributed by atoms with Gasteiger partial charge in [0.1, 0.15) is 5.82 Å². The van der Waals surface area contributed by atoms with Crippen LogP contribution in [0.2, 0.25) is 0 Å². The first-order chi connectivity index (χ1) is 12.0. The van der Waals surface area contributed by atoms with Crippen LogP contribution in [0.15, 0.2) is 54.6 Å². The van der Waals surface area contributed by atoms with Crippen LogP contribution in [-0.2, 0) is 16.7 Å². The van der Waals surface area contributed by atoms with E-state index in [-0.39, 0.29) is 16.8 Å². The summed E-state index contributed by atoms with van der Waals surface area (Å²) in [6.45, 7) is 6.57. The predicted octanol–water partition coefficient (Wildman–Crippen LogP) is 4.83. The van der Waals surface area contributed by atoms with E-state index in [1.807, 2.05) is 12.1 Å². The highest BCUT2D eigenvalue weighted by Crippen LogP contribution is 2.43. The molecular formula is C22H28FNO. The molecule has 1 atom stereocenters. The lowest BCUT2D eigenvalue weighted by Crippen LogP contribution is -2.45. The Balaban J connectivity index is 1.68. The van der Waals surface area contributed by atoms with Gasteiger partial charge in [0, 0.05) is 24.1 Å². The van der Waals surface area contributed by atoms with Crippen molar-refractivity contribution >= 4 is 0 Å². The Morgan fingerprint density at radius 1 is 1.04 bits per heavy atom. The summed E-state index contributed by atoms with van der Waals surface area (Å²) in [4.78, 5) is 0. The molecule has 1 aliphatic heterocycles. The third kappa shape index (κ3) is 4.47. The van der Waals surface area contributed by atoms with Gasteiger partial charge in [0.25, 0.3) is 0 Å². The number of benzene rings is 2. The third-order valence-corrected chi connectivity index (χ3v) is 5.28. The van der Waals surface area contributed by atoms with Gasteiger partial charge in [-0.25, -0.2) is 4.39 Å². The molecule has 3 heteroatoms. The molecule has 2 aromatic carbocycles. The fourth-order valence-electron chi connectivity index (χ4n) is 4.07. The molecule has 0 spiro atoms. The van der Waals surface area contributed by atoms with E-state index < -0.39 is 0 Å². The highest BCUT2D eigenvalue weighted by Gasteiger charge is 2.41. The minimum atomic E-state index is -0.139. The minimum Gasteiger partial charge on any atom is -0.376 e. The minimum absolute atomic E-state index is 0.111. The first-order valence-electron chi connectivity index (χ1n) is 9.14. The molecular weight excluding hydrogens is 313 g/mol. The van der Waals surface area contributed by atoms with Crippen LogP contribution in [0.1, 0.15) is 44.2 Å². The van der Waals surface area contributed by atoms with Crippen LogP contribution >= 0.6 is 0 Å². The lowest BCUT2D eigenvalue weighted by atomic mass is 9.67. The summed E-state index contributed by atoms with van der Waals surface area (Å²) in [7, 11) is 0. The quantitative estimate of drug-likeness (QED) is 0.760. The van der Waals surface area contributed by atoms with Crippen LogP contribution < -0.4 is 5.32 Å². The summed E-state index contributed by atoms with van der Waals surface area (Å²) in [5, 5.41) is 3.43. The van der Waals surface area contributed by atoms with E-state index in [9.17, 15) is 4.39 Å². The molecule has 25 heavy (non-hydrogen) atoms. The Labute approximate surface area is 150 Å². The van der Waals surface area contributed by atoms with Crippen molar-refractivity contribution in [2.45, 2.75) is 50.7 Å². The average Bonchev–Trinajstić information content (AvgIpc) is 2.60. The van der Waals surface area contributed by atoms with E-state index in [1.54, 1.807) is 6.07 Å². The van der Waals surface area contributed by atoms with Crippen molar-refractivity contribution in [3.63, 3.8) is 0 Å². The molecule has 0 saturated carbocycles. The summed E-state index contributed by atoms with van der Waals surface area (Å²) in [5.74, 6) is -0.139. The summed E-state index contributed by atoms with van der Waals surface area (Å²) in [6.07, 6.45) is 3.06. The smallest absolute Gasteiger partial charge is 0.127 e. The number of nitrogens with one attached hydrogen (secondary N) is 1. The van der Waals surface area contributed by atoms with E-state index >= 15 is 0 Å². The van der Waals surface area contributed by atoms with Crippen LogP contribution in [0.3, 0.4) is 0 Å². The molecule has 2 nitrogen and oxygen atoms in total. The average molecular weight is 341 g/mol. The van der Waals surface area contributed by atoms with E-state index in [0.717, 1.165) is 38.0 Å². The number of hydrogen-bond donors (Lipinski definition) is 1. The zero-order valence-electron chi connectivity index (χ0n) is 15.2. The van der Waals surface area contributed by atoms with E-state index in [2.05, 4.69) is 49.5 Å². The Morgan fingerprint density at radius 3 is 2.48 bits per heavy atom. The molecule has 0 radical (unpaired) electrons. The molecule has 0 unspecified atom stereocenters. The molecule has 1 heterocycles. The molecule has 1 aliphatic rings. The lowest BCUT2D eigenvalue weighted by molar-refractivity contribution is -0.0840. The molecule has 0 bridgehead atoms.